The van der Waals surface area contributed by atoms with Gasteiger partial charge in [-0.1, -0.05) is 22.6 Å². The van der Waals surface area contributed by atoms with Crippen molar-refractivity contribution in [3.63, 3.8) is 0 Å². The number of halogens is 1. The monoisotopic (exact) mass is 236 g/mol. The third kappa shape index (κ3) is 4.32. The highest BCUT2D eigenvalue weighted by molar-refractivity contribution is 14.1. The number of allylic oxidation sites excluding steroid dienone is 1. The molecule has 0 radical (unpaired) electrons. The van der Waals surface area contributed by atoms with E-state index >= 15 is 0 Å². The van der Waals surface area contributed by atoms with Crippen molar-refractivity contribution in [2.75, 3.05) is 0 Å². The van der Waals surface area contributed by atoms with Crippen molar-refractivity contribution < 1.29 is 0 Å². The summed E-state index contributed by atoms with van der Waals surface area (Å²) in [7, 11) is 0. The zero-order valence-corrected chi connectivity index (χ0v) is 7.64. The van der Waals surface area contributed by atoms with Gasteiger partial charge >= 0.3 is 0 Å². The molecule has 0 aromatic heterocycles. The maximum atomic E-state index is 6.79. The van der Waals surface area contributed by atoms with Crippen LogP contribution in [0.15, 0.2) is 14.8 Å². The second-order valence-corrected chi connectivity index (χ2v) is 2.27. The summed E-state index contributed by atoms with van der Waals surface area (Å²) in [5.41, 5.74) is 1.68. The normalized spacial score (nSPS) is 13.7. The molecule has 0 spiro atoms. The topological polar surface area (TPSA) is 36.2 Å². The zero-order valence-electron chi connectivity index (χ0n) is 5.48. The molecule has 0 atom stereocenters. The molecule has 3 heteroatoms. The van der Waals surface area contributed by atoms with Crippen molar-refractivity contribution in [3.8, 4) is 0 Å². The Kier molecular flexibility index (Phi) is 4.57. The van der Waals surface area contributed by atoms with Gasteiger partial charge in [-0.2, -0.15) is 0 Å². The van der Waals surface area contributed by atoms with Crippen molar-refractivity contribution in [2.24, 2.45) is 4.99 Å². The highest BCUT2D eigenvalue weighted by atomic mass is 127. The standard InChI is InChI=1S/C6H9IN2/c1-5(3-7)9-6(2)4-8/h3-4,8H,1-2H3/b5-3-,8-4?,9-6?. The lowest BCUT2D eigenvalue weighted by Crippen LogP contribution is -1.89. The second kappa shape index (κ2) is 4.67. The van der Waals surface area contributed by atoms with Crippen LogP contribution in [0.4, 0.5) is 0 Å². The largest absolute Gasteiger partial charge is 0.307 e. The van der Waals surface area contributed by atoms with Crippen LogP contribution in [0.25, 0.3) is 0 Å². The predicted octanol–water partition coefficient (Wildman–Crippen LogP) is 2.39. The first-order valence-corrected chi connectivity index (χ1v) is 3.78. The van der Waals surface area contributed by atoms with Crippen LogP contribution in [0, 0.1) is 5.41 Å². The number of hydrogen-bond donors (Lipinski definition) is 1. The van der Waals surface area contributed by atoms with E-state index < -0.39 is 0 Å². The molecule has 0 heterocycles. The van der Waals surface area contributed by atoms with Crippen molar-refractivity contribution in [1.29, 1.82) is 5.41 Å². The summed E-state index contributed by atoms with van der Waals surface area (Å²) >= 11 is 2.12. The minimum atomic E-state index is 0.736. The lowest BCUT2D eigenvalue weighted by Gasteiger charge is -1.88. The Balaban J connectivity index is 4.11. The average Bonchev–Trinajstić information content (AvgIpc) is 1.87. The van der Waals surface area contributed by atoms with Gasteiger partial charge in [0.15, 0.2) is 0 Å². The number of nitrogens with one attached hydrogen (secondary N) is 1. The van der Waals surface area contributed by atoms with E-state index in [0.717, 1.165) is 11.4 Å². The van der Waals surface area contributed by atoms with Crippen LogP contribution in [0.3, 0.4) is 0 Å². The summed E-state index contributed by atoms with van der Waals surface area (Å²) in [5.74, 6) is 0. The van der Waals surface area contributed by atoms with Crippen LogP contribution in [-0.4, -0.2) is 11.9 Å². The van der Waals surface area contributed by atoms with Gasteiger partial charge in [0.1, 0.15) is 0 Å². The highest BCUT2D eigenvalue weighted by Crippen LogP contribution is 1.98. The molecule has 0 aliphatic heterocycles. The van der Waals surface area contributed by atoms with Crippen molar-refractivity contribution in [3.05, 3.63) is 9.78 Å². The molecule has 0 unspecified atom stereocenters. The van der Waals surface area contributed by atoms with E-state index in [4.69, 9.17) is 5.41 Å². The Labute approximate surface area is 68.7 Å². The SMILES string of the molecule is CC(C=N)=N/C(C)=C\I. The van der Waals surface area contributed by atoms with Crippen LogP contribution in [0.1, 0.15) is 13.8 Å². The first-order valence-electron chi connectivity index (χ1n) is 2.53. The van der Waals surface area contributed by atoms with E-state index in [1.165, 1.54) is 6.21 Å². The van der Waals surface area contributed by atoms with Gasteiger partial charge in [-0.25, -0.2) is 0 Å². The third-order valence-electron chi connectivity index (χ3n) is 0.719. The molecule has 2 nitrogen and oxygen atoms in total. The molecule has 0 rings (SSSR count). The van der Waals surface area contributed by atoms with Crippen LogP contribution in [0.5, 0.6) is 0 Å². The van der Waals surface area contributed by atoms with Gasteiger partial charge in [-0.05, 0) is 17.9 Å². The molecule has 9 heavy (non-hydrogen) atoms. The number of aliphatic imine (C=N–C) groups is 1. The van der Waals surface area contributed by atoms with Gasteiger partial charge in [-0.3, -0.25) is 4.99 Å². The maximum absolute atomic E-state index is 6.79. The van der Waals surface area contributed by atoms with Crippen LogP contribution >= 0.6 is 22.6 Å². The summed E-state index contributed by atoms with van der Waals surface area (Å²) in [6.07, 6.45) is 1.24. The fourth-order valence-electron chi connectivity index (χ4n) is 0.335. The Hall–Kier alpha value is -0.190. The number of rotatable bonds is 2. The highest BCUT2D eigenvalue weighted by Gasteiger charge is 1.82. The van der Waals surface area contributed by atoms with Gasteiger partial charge in [0, 0.05) is 11.9 Å². The minimum Gasteiger partial charge on any atom is -0.307 e. The van der Waals surface area contributed by atoms with E-state index in [9.17, 15) is 0 Å². The Morgan fingerprint density at radius 2 is 2.11 bits per heavy atom. The Morgan fingerprint density at radius 3 is 2.44 bits per heavy atom. The summed E-state index contributed by atoms with van der Waals surface area (Å²) in [5, 5.41) is 6.79. The smallest absolute Gasteiger partial charge is 0.0551 e. The van der Waals surface area contributed by atoms with Crippen molar-refractivity contribution >= 4 is 34.5 Å². The average molecular weight is 236 g/mol. The molecule has 0 bridgehead atoms. The maximum Gasteiger partial charge on any atom is 0.0551 e. The van der Waals surface area contributed by atoms with Gasteiger partial charge in [0.2, 0.25) is 0 Å². The lowest BCUT2D eigenvalue weighted by atomic mass is 10.4. The molecule has 50 valence electrons. The molecule has 0 saturated heterocycles. The van der Waals surface area contributed by atoms with E-state index in [-0.39, 0.29) is 0 Å². The van der Waals surface area contributed by atoms with E-state index in [1.54, 1.807) is 6.92 Å². The molecular weight excluding hydrogens is 227 g/mol. The number of hydrogen-bond acceptors (Lipinski definition) is 2. The number of nitrogens with zero attached hydrogens (tertiary/aromatic N) is 1. The van der Waals surface area contributed by atoms with E-state index in [0.29, 0.717) is 0 Å². The Morgan fingerprint density at radius 1 is 1.56 bits per heavy atom. The molecule has 0 saturated carbocycles. The van der Waals surface area contributed by atoms with Crippen LogP contribution in [0.2, 0.25) is 0 Å². The zero-order chi connectivity index (χ0) is 7.28. The molecule has 0 aromatic rings. The molecular formula is C6H9IN2. The van der Waals surface area contributed by atoms with Gasteiger partial charge in [0.05, 0.1) is 5.71 Å². The fraction of sp³-hybridized carbons (Fsp3) is 0.333. The van der Waals surface area contributed by atoms with Crippen LogP contribution < -0.4 is 0 Å². The van der Waals surface area contributed by atoms with E-state index in [1.807, 2.05) is 11.0 Å². The van der Waals surface area contributed by atoms with Gasteiger partial charge < -0.3 is 5.41 Å². The van der Waals surface area contributed by atoms with Gasteiger partial charge in [-0.15, -0.1) is 0 Å². The second-order valence-electron chi connectivity index (χ2n) is 1.65. The fourth-order valence-corrected chi connectivity index (χ4v) is 0.474. The predicted molar refractivity (Wildman–Crippen MR) is 49.7 cm³/mol. The minimum absolute atomic E-state index is 0.736. The van der Waals surface area contributed by atoms with Crippen LogP contribution in [-0.2, 0) is 0 Å². The molecule has 0 aromatic carbocycles. The summed E-state index contributed by atoms with van der Waals surface area (Å²) < 4.78 is 1.88. The van der Waals surface area contributed by atoms with Gasteiger partial charge in [0.25, 0.3) is 0 Å². The quantitative estimate of drug-likeness (QED) is 0.564. The molecule has 0 amide bonds. The van der Waals surface area contributed by atoms with E-state index in [2.05, 4.69) is 27.6 Å². The summed E-state index contributed by atoms with van der Waals surface area (Å²) in [4.78, 5) is 4.04. The first kappa shape index (κ1) is 8.81. The molecule has 0 aliphatic carbocycles. The lowest BCUT2D eigenvalue weighted by molar-refractivity contribution is 1.32. The van der Waals surface area contributed by atoms with Crippen molar-refractivity contribution in [1.82, 2.24) is 0 Å². The first-order chi connectivity index (χ1) is 4.20. The third-order valence-corrected chi connectivity index (χ3v) is 1.62. The summed E-state index contributed by atoms with van der Waals surface area (Å²) in [6.45, 7) is 3.70. The summed E-state index contributed by atoms with van der Waals surface area (Å²) in [6, 6.07) is 0. The molecule has 0 fully saturated rings. The molecule has 1 N–H and O–H groups in total. The molecule has 0 aliphatic rings. The Bertz CT molecular complexity index is 158. The van der Waals surface area contributed by atoms with Crippen molar-refractivity contribution in [2.45, 2.75) is 13.8 Å².